The smallest absolute Gasteiger partial charge is 0.338 e. The summed E-state index contributed by atoms with van der Waals surface area (Å²) in [5, 5.41) is 17.3. The number of carbonyl (C=O) groups excluding carboxylic acids is 6. The summed E-state index contributed by atoms with van der Waals surface area (Å²) in [6, 6.07) is 12.6. The number of amides is 6. The number of hydrogen-bond donors (Lipinski definition) is 3. The lowest BCUT2D eigenvalue weighted by molar-refractivity contribution is -0.139. The first-order valence-corrected chi connectivity index (χ1v) is 43.2. The molecule has 6 atom stereocenters. The number of allylic oxidation sites excluding steroid dienone is 1. The van der Waals surface area contributed by atoms with E-state index in [0.717, 1.165) is 13.1 Å². The molecule has 6 saturated heterocycles. The number of urea groups is 3. The number of nitrogens with zero attached hydrogens (tertiary/aromatic N) is 14. The highest BCUT2D eigenvalue weighted by Gasteiger charge is 2.46. The number of fused-ring (bicyclic) bond motifs is 3. The number of aromatic nitrogens is 3. The van der Waals surface area contributed by atoms with Gasteiger partial charge in [-0.1, -0.05) is 87.1 Å². The Kier molecular flexibility index (Phi) is 30.3. The van der Waals surface area contributed by atoms with Crippen molar-refractivity contribution < 1.29 is 56.1 Å². The first-order valence-electron chi connectivity index (χ1n) is 38.3. The van der Waals surface area contributed by atoms with Gasteiger partial charge in [0.1, 0.15) is 35.6 Å². The summed E-state index contributed by atoms with van der Waals surface area (Å²) in [5.41, 5.74) is 3.79. The van der Waals surface area contributed by atoms with Crippen molar-refractivity contribution in [1.29, 1.82) is 0 Å². The summed E-state index contributed by atoms with van der Waals surface area (Å²) in [5.74, 6) is -1.90. The zero-order valence-corrected chi connectivity index (χ0v) is 72.4. The van der Waals surface area contributed by atoms with Crippen molar-refractivity contribution in [1.82, 2.24) is 70.1 Å². The van der Waals surface area contributed by atoms with Gasteiger partial charge in [0, 0.05) is 171 Å². The normalized spacial score (nSPS) is 21.4. The van der Waals surface area contributed by atoms with Gasteiger partial charge in [-0.15, -0.1) is 34.0 Å². The number of benzene rings is 3. The third kappa shape index (κ3) is 19.6. The van der Waals surface area contributed by atoms with Gasteiger partial charge in [0.2, 0.25) is 0 Å². The van der Waals surface area contributed by atoms with Crippen molar-refractivity contribution in [2.45, 2.75) is 136 Å². The van der Waals surface area contributed by atoms with Crippen LogP contribution in [0.5, 0.6) is 0 Å². The van der Waals surface area contributed by atoms with Crippen LogP contribution in [-0.4, -0.2) is 248 Å². The van der Waals surface area contributed by atoms with E-state index in [4.69, 9.17) is 59.0 Å². The summed E-state index contributed by atoms with van der Waals surface area (Å²) >= 11 is 26.6. The highest BCUT2D eigenvalue weighted by Crippen LogP contribution is 2.42. The van der Waals surface area contributed by atoms with Crippen molar-refractivity contribution in [3.8, 4) is 0 Å². The molecule has 0 radical (unpaired) electrons. The Morgan fingerprint density at radius 2 is 0.810 bits per heavy atom. The van der Waals surface area contributed by atoms with Gasteiger partial charge in [0.15, 0.2) is 32.5 Å². The van der Waals surface area contributed by atoms with Crippen molar-refractivity contribution in [3.63, 3.8) is 0 Å². The van der Waals surface area contributed by atoms with E-state index in [1.54, 1.807) is 69.7 Å². The fourth-order valence-electron chi connectivity index (χ4n) is 15.2. The van der Waals surface area contributed by atoms with Crippen molar-refractivity contribution >= 4 is 138 Å². The molecule has 0 bridgehead atoms. The molecule has 622 valence electrons. The lowest BCUT2D eigenvalue weighted by Gasteiger charge is -2.38. The molecule has 6 amide bonds. The van der Waals surface area contributed by atoms with E-state index in [-0.39, 0.29) is 101 Å². The second-order valence-corrected chi connectivity index (χ2v) is 33.4. The highest BCUT2D eigenvalue weighted by atomic mass is 79.9. The largest absolute Gasteiger partial charge is 0.463 e. The van der Waals surface area contributed by atoms with Crippen LogP contribution in [-0.2, 0) is 28.6 Å². The zero-order chi connectivity index (χ0) is 82.1. The molecule has 36 heteroatoms. The van der Waals surface area contributed by atoms with E-state index in [1.807, 2.05) is 68.3 Å². The standard InChI is InChI=1S/2C26H30ClFN6O3S.C17H14BrClFN3O2S.C10H18N2O.CH3/c2*1-4-37-25(35)20-19(14-32-9-10-33-16(12-32)13-34(15(2)3)26(33)36)30-23(24-29-8-11-38-24)31-22(20)17-6-5-7-18(28)21(17)27;1-2-25-17(24)12-11(8-18)22-15(16-21-6-7-26-16)23-14(12)9-4-3-5-10(20)13(9)19;1-8(2)12-7-9-5-3-4-6-11(9)10(12)13;/h2*5-8,11,15-16,22H,4,9-10,12-14H2,1-3H3,(H,30,31);3-7,14H,2,8H2,1H3,(H,22,23);8-9H,3-7H2,1-2H3;1H3/q;;;;-1/t16-,22+;16-,22-;14-;;/m100../s1. The number of halogens is 7. The molecule has 9 aliphatic heterocycles. The molecule has 3 aromatic carbocycles. The Labute approximate surface area is 709 Å². The fraction of sp³-hybridized carbons (Fsp3) is 0.463. The van der Waals surface area contributed by atoms with Crippen molar-refractivity contribution in [2.75, 3.05) is 104 Å². The van der Waals surface area contributed by atoms with E-state index < -0.39 is 53.5 Å². The summed E-state index contributed by atoms with van der Waals surface area (Å²) < 4.78 is 59.1. The van der Waals surface area contributed by atoms with Crippen LogP contribution < -0.4 is 16.0 Å². The number of aliphatic imine (C=N–C) groups is 3. The first-order chi connectivity index (χ1) is 55.3. The van der Waals surface area contributed by atoms with E-state index >= 15 is 0 Å². The average molecular weight is 1780 g/mol. The topological polar surface area (TPSA) is 268 Å². The highest BCUT2D eigenvalue weighted by molar-refractivity contribution is 9.09. The minimum atomic E-state index is -0.877. The maximum atomic E-state index is 14.5. The van der Waals surface area contributed by atoms with Crippen LogP contribution in [0.3, 0.4) is 0 Å². The van der Waals surface area contributed by atoms with Gasteiger partial charge in [-0.25, -0.2) is 56.9 Å². The summed E-state index contributed by atoms with van der Waals surface area (Å²) in [4.78, 5) is 120. The van der Waals surface area contributed by atoms with Gasteiger partial charge in [-0.2, -0.15) is 0 Å². The maximum Gasteiger partial charge on any atom is 0.338 e. The third-order valence-electron chi connectivity index (χ3n) is 20.8. The Morgan fingerprint density at radius 1 is 0.483 bits per heavy atom. The molecule has 6 fully saturated rings. The SMILES string of the molecule is CC(C)N1CC2CCCCN2C1=O.CCOC(=O)C1=C(CBr)NC(c2nccs2)=N[C@H]1c1cccc(F)c1Cl.CCOC(=O)C1=C(CN2CCN3C(=O)N(C(C)C)C[C@@H]3C2)NC(c2nccs2)=N[C@H]1c1cccc(F)c1Cl.CCOC(=O)C1=C(CN2CCN3C(=O)N(C(C)C)C[C@H]3C2)NC(c2nccs2)=N[C@H]1c1cccc(F)c1Cl.[CH3-]. The van der Waals surface area contributed by atoms with E-state index in [1.165, 1.54) is 77.5 Å². The molecule has 12 heterocycles. The van der Waals surface area contributed by atoms with Gasteiger partial charge in [0.05, 0.1) is 69.7 Å². The minimum absolute atomic E-state index is 0. The molecular weight excluding hydrogens is 1680 g/mol. The maximum absolute atomic E-state index is 14.5. The molecule has 6 aromatic rings. The Balaban J connectivity index is 0.000000160. The molecule has 0 saturated carbocycles. The number of carbonyl (C=O) groups is 6. The number of rotatable bonds is 20. The molecular formula is C80H95BrCl3F3N17O9S3-. The minimum Gasteiger partial charge on any atom is -0.463 e. The molecule has 3 N–H and O–H groups in total. The van der Waals surface area contributed by atoms with Crippen LogP contribution in [0.2, 0.25) is 15.1 Å². The van der Waals surface area contributed by atoms with Crippen LogP contribution in [0.4, 0.5) is 27.6 Å². The predicted octanol–water partition coefficient (Wildman–Crippen LogP) is 13.7. The van der Waals surface area contributed by atoms with Crippen molar-refractivity contribution in [3.05, 3.63) is 195 Å². The Morgan fingerprint density at radius 3 is 1.12 bits per heavy atom. The number of nitrogens with one attached hydrogen (secondary N) is 3. The Hall–Kier alpha value is -8.54. The molecule has 9 aliphatic rings. The molecule has 116 heavy (non-hydrogen) atoms. The number of thiazole rings is 3. The van der Waals surface area contributed by atoms with E-state index in [0.29, 0.717) is 149 Å². The van der Waals surface area contributed by atoms with Crippen LogP contribution in [0.1, 0.15) is 131 Å². The fourth-order valence-corrected chi connectivity index (χ4v) is 18.1. The lowest BCUT2D eigenvalue weighted by Crippen LogP contribution is -2.53. The van der Waals surface area contributed by atoms with Crippen molar-refractivity contribution in [2.24, 2.45) is 15.0 Å². The summed E-state index contributed by atoms with van der Waals surface area (Å²) in [6.07, 6.45) is 8.70. The molecule has 3 aromatic heterocycles. The predicted molar refractivity (Wildman–Crippen MR) is 449 cm³/mol. The number of esters is 3. The van der Waals surface area contributed by atoms with Gasteiger partial charge < -0.3 is 67.0 Å². The second-order valence-electron chi connectivity index (χ2n) is 29.0. The number of alkyl halides is 1. The number of piperidine rings is 1. The summed E-state index contributed by atoms with van der Waals surface area (Å²) in [6.45, 7) is 25.9. The van der Waals surface area contributed by atoms with Gasteiger partial charge in [-0.3, -0.25) is 24.8 Å². The van der Waals surface area contributed by atoms with Crippen LogP contribution in [0, 0.1) is 24.9 Å². The van der Waals surface area contributed by atoms with Crippen LogP contribution in [0.25, 0.3) is 0 Å². The second kappa shape index (κ2) is 39.8. The average Bonchev–Trinajstić information content (AvgIpc) is 0.836. The molecule has 15 rings (SSSR count). The van der Waals surface area contributed by atoms with Crippen LogP contribution in [0.15, 0.2) is 138 Å². The number of piperazine rings is 2. The number of hydrogen-bond acceptors (Lipinski definition) is 23. The third-order valence-corrected chi connectivity index (χ3v) is 24.9. The quantitative estimate of drug-likeness (QED) is 0.0277. The lowest BCUT2D eigenvalue weighted by atomic mass is 9.95. The number of ether oxygens (including phenoxy) is 3. The van der Waals surface area contributed by atoms with E-state index in [9.17, 15) is 41.9 Å². The summed E-state index contributed by atoms with van der Waals surface area (Å²) in [7, 11) is 0. The molecule has 1 unspecified atom stereocenters. The first kappa shape index (κ1) is 88.3. The van der Waals surface area contributed by atoms with E-state index in [2.05, 4.69) is 80.4 Å². The zero-order valence-electron chi connectivity index (χ0n) is 66.1. The molecule has 0 aliphatic carbocycles. The van der Waals surface area contributed by atoms with Gasteiger partial charge in [-0.05, 0) is 99.8 Å². The van der Waals surface area contributed by atoms with Crippen LogP contribution >= 0.6 is 84.7 Å². The van der Waals surface area contributed by atoms with Gasteiger partial charge >= 0.3 is 36.0 Å². The monoisotopic (exact) mass is 1770 g/mol. The molecule has 26 nitrogen and oxygen atoms in total. The number of amidine groups is 3. The Bertz CT molecular complexity index is 4550. The van der Waals surface area contributed by atoms with Gasteiger partial charge in [0.25, 0.3) is 0 Å². The molecule has 0 spiro atoms.